The van der Waals surface area contributed by atoms with Gasteiger partial charge in [0.05, 0.1) is 0 Å². The fraction of sp³-hybridized carbons (Fsp3) is 1.00. The molecule has 1 atom stereocenters. The largest absolute Gasteiger partial charge is 0.301 e. The standard InChI is InChI=1S/C7H15NS2/c1-7(9)6-8-2-4-10-5-3-8/h7,9H,2-6H2,1H3. The Bertz CT molecular complexity index is 89.6. The third kappa shape index (κ3) is 3.17. The number of hydrogen-bond donors (Lipinski definition) is 1. The highest BCUT2D eigenvalue weighted by Crippen LogP contribution is 2.10. The Balaban J connectivity index is 2.13. The average Bonchev–Trinajstić information content (AvgIpc) is 1.88. The van der Waals surface area contributed by atoms with Gasteiger partial charge in [-0.1, -0.05) is 6.92 Å². The van der Waals surface area contributed by atoms with Crippen LogP contribution in [-0.4, -0.2) is 41.3 Å². The molecule has 0 bridgehead atoms. The molecule has 1 heterocycles. The zero-order chi connectivity index (χ0) is 7.40. The van der Waals surface area contributed by atoms with E-state index in [2.05, 4.69) is 36.2 Å². The Morgan fingerprint density at radius 1 is 1.50 bits per heavy atom. The summed E-state index contributed by atoms with van der Waals surface area (Å²) in [6.07, 6.45) is 0. The molecule has 0 aliphatic carbocycles. The van der Waals surface area contributed by atoms with Gasteiger partial charge < -0.3 is 4.90 Å². The lowest BCUT2D eigenvalue weighted by Gasteiger charge is -2.27. The van der Waals surface area contributed by atoms with Crippen molar-refractivity contribution in [1.29, 1.82) is 0 Å². The van der Waals surface area contributed by atoms with E-state index in [1.54, 1.807) is 0 Å². The zero-order valence-electron chi connectivity index (χ0n) is 6.42. The van der Waals surface area contributed by atoms with Crippen molar-refractivity contribution in [3.63, 3.8) is 0 Å². The molecule has 1 aliphatic rings. The van der Waals surface area contributed by atoms with Crippen molar-refractivity contribution in [1.82, 2.24) is 4.90 Å². The normalized spacial score (nSPS) is 24.6. The first-order chi connectivity index (χ1) is 4.79. The fourth-order valence-corrected chi connectivity index (χ4v) is 2.37. The molecule has 0 spiro atoms. The van der Waals surface area contributed by atoms with E-state index in [-0.39, 0.29) is 0 Å². The van der Waals surface area contributed by atoms with E-state index >= 15 is 0 Å². The number of hydrogen-bond acceptors (Lipinski definition) is 3. The molecule has 1 nitrogen and oxygen atoms in total. The second-order valence-electron chi connectivity index (χ2n) is 2.76. The van der Waals surface area contributed by atoms with E-state index < -0.39 is 0 Å². The molecule has 0 radical (unpaired) electrons. The quantitative estimate of drug-likeness (QED) is 0.634. The first-order valence-corrected chi connectivity index (χ1v) is 5.44. The van der Waals surface area contributed by atoms with Gasteiger partial charge >= 0.3 is 0 Å². The van der Waals surface area contributed by atoms with E-state index in [1.807, 2.05) is 0 Å². The van der Waals surface area contributed by atoms with E-state index in [4.69, 9.17) is 0 Å². The van der Waals surface area contributed by atoms with Gasteiger partial charge in [-0.2, -0.15) is 24.4 Å². The van der Waals surface area contributed by atoms with Crippen LogP contribution in [0.4, 0.5) is 0 Å². The number of thioether (sulfide) groups is 1. The van der Waals surface area contributed by atoms with Crippen molar-refractivity contribution >= 4 is 24.4 Å². The number of rotatable bonds is 2. The predicted molar refractivity (Wildman–Crippen MR) is 52.2 cm³/mol. The lowest BCUT2D eigenvalue weighted by molar-refractivity contribution is 0.307. The van der Waals surface area contributed by atoms with E-state index in [1.165, 1.54) is 24.6 Å². The van der Waals surface area contributed by atoms with Crippen molar-refractivity contribution < 1.29 is 0 Å². The minimum absolute atomic E-state index is 0.531. The smallest absolute Gasteiger partial charge is 0.0116 e. The van der Waals surface area contributed by atoms with Crippen LogP contribution in [0, 0.1) is 0 Å². The molecular formula is C7H15NS2. The Morgan fingerprint density at radius 2 is 2.10 bits per heavy atom. The van der Waals surface area contributed by atoms with Gasteiger partial charge in [-0.25, -0.2) is 0 Å². The van der Waals surface area contributed by atoms with Crippen molar-refractivity contribution in [2.24, 2.45) is 0 Å². The minimum Gasteiger partial charge on any atom is -0.301 e. The molecule has 0 amide bonds. The Hall–Kier alpha value is 0.660. The summed E-state index contributed by atoms with van der Waals surface area (Å²) in [7, 11) is 0. The summed E-state index contributed by atoms with van der Waals surface area (Å²) in [6.45, 7) is 5.83. The average molecular weight is 177 g/mol. The summed E-state index contributed by atoms with van der Waals surface area (Å²) in [5.41, 5.74) is 0. The van der Waals surface area contributed by atoms with E-state index in [0.29, 0.717) is 5.25 Å². The second-order valence-corrected chi connectivity index (χ2v) is 4.87. The van der Waals surface area contributed by atoms with Crippen LogP contribution in [0.3, 0.4) is 0 Å². The van der Waals surface area contributed by atoms with Crippen molar-refractivity contribution in [2.75, 3.05) is 31.1 Å². The Morgan fingerprint density at radius 3 is 2.60 bits per heavy atom. The van der Waals surface area contributed by atoms with E-state index in [9.17, 15) is 0 Å². The maximum absolute atomic E-state index is 4.36. The minimum atomic E-state index is 0.531. The van der Waals surface area contributed by atoms with Crippen LogP contribution in [0.1, 0.15) is 6.92 Å². The van der Waals surface area contributed by atoms with Crippen molar-refractivity contribution in [3.8, 4) is 0 Å². The van der Waals surface area contributed by atoms with Crippen molar-refractivity contribution in [2.45, 2.75) is 12.2 Å². The molecule has 3 heteroatoms. The van der Waals surface area contributed by atoms with Gasteiger partial charge in [0.15, 0.2) is 0 Å². The SMILES string of the molecule is CC(S)CN1CCSCC1. The zero-order valence-corrected chi connectivity index (χ0v) is 8.13. The van der Waals surface area contributed by atoms with Gasteiger partial charge in [-0.3, -0.25) is 0 Å². The van der Waals surface area contributed by atoms with Crippen LogP contribution in [0.5, 0.6) is 0 Å². The van der Waals surface area contributed by atoms with Gasteiger partial charge in [-0.05, 0) is 0 Å². The van der Waals surface area contributed by atoms with E-state index in [0.717, 1.165) is 6.54 Å². The first-order valence-electron chi connectivity index (χ1n) is 3.77. The molecule has 1 aliphatic heterocycles. The van der Waals surface area contributed by atoms with Crippen LogP contribution in [0.2, 0.25) is 0 Å². The van der Waals surface area contributed by atoms with Gasteiger partial charge in [0, 0.05) is 36.4 Å². The highest BCUT2D eigenvalue weighted by molar-refractivity contribution is 7.99. The fourth-order valence-electron chi connectivity index (χ4n) is 1.16. The third-order valence-electron chi connectivity index (χ3n) is 1.63. The Labute approximate surface area is 73.0 Å². The lowest BCUT2D eigenvalue weighted by atomic mass is 10.4. The third-order valence-corrected chi connectivity index (χ3v) is 2.73. The van der Waals surface area contributed by atoms with Gasteiger partial charge in [0.25, 0.3) is 0 Å². The molecular weight excluding hydrogens is 162 g/mol. The Kier molecular flexibility index (Phi) is 3.96. The topological polar surface area (TPSA) is 3.24 Å². The maximum Gasteiger partial charge on any atom is 0.0116 e. The van der Waals surface area contributed by atoms with Crippen LogP contribution in [-0.2, 0) is 0 Å². The molecule has 10 heavy (non-hydrogen) atoms. The predicted octanol–water partition coefficient (Wildman–Crippen LogP) is 1.35. The first kappa shape index (κ1) is 8.75. The molecule has 0 N–H and O–H groups in total. The van der Waals surface area contributed by atoms with Crippen LogP contribution >= 0.6 is 24.4 Å². The summed E-state index contributed by atoms with van der Waals surface area (Å²) >= 11 is 6.42. The maximum atomic E-state index is 4.36. The number of thiol groups is 1. The van der Waals surface area contributed by atoms with Gasteiger partial charge in [0.1, 0.15) is 0 Å². The van der Waals surface area contributed by atoms with Gasteiger partial charge in [-0.15, -0.1) is 0 Å². The summed E-state index contributed by atoms with van der Waals surface area (Å²) in [4.78, 5) is 2.49. The molecule has 0 saturated carbocycles. The summed E-state index contributed by atoms with van der Waals surface area (Å²) in [6, 6.07) is 0. The molecule has 1 unspecified atom stereocenters. The molecule has 1 saturated heterocycles. The van der Waals surface area contributed by atoms with Crippen LogP contribution in [0.15, 0.2) is 0 Å². The highest BCUT2D eigenvalue weighted by Gasteiger charge is 2.10. The molecule has 1 rings (SSSR count). The van der Waals surface area contributed by atoms with Crippen LogP contribution in [0.25, 0.3) is 0 Å². The lowest BCUT2D eigenvalue weighted by Crippen LogP contribution is -2.36. The highest BCUT2D eigenvalue weighted by atomic mass is 32.2. The molecule has 1 fully saturated rings. The molecule has 0 aromatic rings. The summed E-state index contributed by atoms with van der Waals surface area (Å²) in [5.74, 6) is 2.61. The molecule has 60 valence electrons. The molecule has 0 aromatic carbocycles. The van der Waals surface area contributed by atoms with Crippen LogP contribution < -0.4 is 0 Å². The monoisotopic (exact) mass is 177 g/mol. The molecule has 0 aromatic heterocycles. The summed E-state index contributed by atoms with van der Waals surface area (Å²) in [5, 5.41) is 0.531. The number of nitrogens with zero attached hydrogens (tertiary/aromatic N) is 1. The summed E-state index contributed by atoms with van der Waals surface area (Å²) < 4.78 is 0. The van der Waals surface area contributed by atoms with Crippen molar-refractivity contribution in [3.05, 3.63) is 0 Å². The second kappa shape index (κ2) is 4.52. The van der Waals surface area contributed by atoms with Gasteiger partial charge in [0.2, 0.25) is 0 Å².